The molecule has 0 aromatic carbocycles. The zero-order valence-corrected chi connectivity index (χ0v) is 22.0. The largest absolute Gasteiger partial charge is 0.463 e. The highest BCUT2D eigenvalue weighted by Gasteiger charge is 2.39. The van der Waals surface area contributed by atoms with Crippen LogP contribution in [0.15, 0.2) is 38.0 Å². The van der Waals surface area contributed by atoms with Crippen molar-refractivity contribution in [1.82, 2.24) is 9.80 Å². The molecule has 0 spiro atoms. The molecule has 11 heteroatoms. The van der Waals surface area contributed by atoms with E-state index in [1.165, 1.54) is 6.08 Å². The summed E-state index contributed by atoms with van der Waals surface area (Å²) in [6.07, 6.45) is 6.58. The third-order valence-electron chi connectivity index (χ3n) is 5.86. The van der Waals surface area contributed by atoms with E-state index in [4.69, 9.17) is 14.2 Å². The molecule has 2 atom stereocenters. The summed E-state index contributed by atoms with van der Waals surface area (Å²) in [7, 11) is 0. The summed E-state index contributed by atoms with van der Waals surface area (Å²) in [5, 5.41) is 9.34. The van der Waals surface area contributed by atoms with E-state index >= 15 is 0 Å². The van der Waals surface area contributed by atoms with Crippen LogP contribution in [-0.4, -0.2) is 83.9 Å². The zero-order valence-electron chi connectivity index (χ0n) is 22.0. The molecule has 1 fully saturated rings. The van der Waals surface area contributed by atoms with E-state index < -0.39 is 42.0 Å². The fraction of sp³-hybridized carbons (Fsp3) is 0.593. The van der Waals surface area contributed by atoms with Crippen molar-refractivity contribution < 1.29 is 43.3 Å². The lowest BCUT2D eigenvalue weighted by atomic mass is 9.96. The van der Waals surface area contributed by atoms with Crippen LogP contribution < -0.4 is 0 Å². The molecular weight excluding hydrogens is 496 g/mol. The Balaban J connectivity index is 2.73. The van der Waals surface area contributed by atoms with Gasteiger partial charge >= 0.3 is 18.0 Å². The minimum Gasteiger partial charge on any atom is -0.463 e. The molecule has 1 aliphatic heterocycles. The Kier molecular flexibility index (Phi) is 16.2. The maximum absolute atomic E-state index is 13.3. The van der Waals surface area contributed by atoms with Gasteiger partial charge < -0.3 is 19.3 Å². The van der Waals surface area contributed by atoms with Crippen molar-refractivity contribution in [3.63, 3.8) is 0 Å². The predicted octanol–water partition coefficient (Wildman–Crippen LogP) is 2.88. The number of esters is 2. The summed E-state index contributed by atoms with van der Waals surface area (Å²) in [6.45, 7) is 10.8. The Morgan fingerprint density at radius 3 is 2.05 bits per heavy atom. The van der Waals surface area contributed by atoms with Gasteiger partial charge in [0, 0.05) is 37.6 Å². The molecule has 212 valence electrons. The van der Waals surface area contributed by atoms with Gasteiger partial charge in [-0.25, -0.2) is 14.4 Å². The lowest BCUT2D eigenvalue weighted by molar-refractivity contribution is -0.138. The van der Waals surface area contributed by atoms with Gasteiger partial charge in [-0.1, -0.05) is 32.6 Å². The SMILES string of the molecule is C=CC(=O)OCCCCCC1CC(=O)N(CCCCCOC(O)C=C)C(=O)N(CCCOC(=O)C=C)C1=O. The van der Waals surface area contributed by atoms with E-state index in [2.05, 4.69) is 19.7 Å². The summed E-state index contributed by atoms with van der Waals surface area (Å²) >= 11 is 0. The number of hydrogen-bond acceptors (Lipinski definition) is 9. The number of nitrogens with zero attached hydrogens (tertiary/aromatic N) is 2. The molecule has 1 heterocycles. The summed E-state index contributed by atoms with van der Waals surface area (Å²) in [6, 6.07) is -0.674. The third kappa shape index (κ3) is 12.3. The number of carbonyl (C=O) groups is 5. The lowest BCUT2D eigenvalue weighted by Crippen LogP contribution is -2.47. The highest BCUT2D eigenvalue weighted by atomic mass is 16.6. The number of unbranched alkanes of at least 4 members (excludes halogenated alkanes) is 4. The second-order valence-corrected chi connectivity index (χ2v) is 8.72. The number of aliphatic hydroxyl groups excluding tert-OH is 1. The zero-order chi connectivity index (χ0) is 28.3. The highest BCUT2D eigenvalue weighted by Crippen LogP contribution is 2.24. The quantitative estimate of drug-likeness (QED) is 0.0818. The van der Waals surface area contributed by atoms with E-state index in [-0.39, 0.29) is 39.1 Å². The van der Waals surface area contributed by atoms with Crippen LogP contribution in [0.5, 0.6) is 0 Å². The molecular formula is C27H40N2O9. The molecule has 1 N–H and O–H groups in total. The highest BCUT2D eigenvalue weighted by molar-refractivity contribution is 6.06. The number of amides is 4. The van der Waals surface area contributed by atoms with E-state index in [1.807, 2.05) is 0 Å². The second-order valence-electron chi connectivity index (χ2n) is 8.72. The van der Waals surface area contributed by atoms with Crippen LogP contribution in [0.1, 0.15) is 57.8 Å². The molecule has 38 heavy (non-hydrogen) atoms. The molecule has 0 bridgehead atoms. The predicted molar refractivity (Wildman–Crippen MR) is 138 cm³/mol. The van der Waals surface area contributed by atoms with Crippen molar-refractivity contribution in [2.24, 2.45) is 5.92 Å². The maximum atomic E-state index is 13.3. The molecule has 11 nitrogen and oxygen atoms in total. The molecule has 1 aliphatic rings. The smallest absolute Gasteiger partial charge is 0.333 e. The van der Waals surface area contributed by atoms with Gasteiger partial charge in [0.25, 0.3) is 0 Å². The van der Waals surface area contributed by atoms with Crippen molar-refractivity contribution in [1.29, 1.82) is 0 Å². The summed E-state index contributed by atoms with van der Waals surface area (Å²) in [5.74, 6) is -2.59. The first kappa shape index (κ1) is 32.7. The van der Waals surface area contributed by atoms with Crippen molar-refractivity contribution >= 4 is 29.8 Å². The van der Waals surface area contributed by atoms with Crippen LogP contribution in [0.4, 0.5) is 4.79 Å². The first-order valence-corrected chi connectivity index (χ1v) is 12.9. The van der Waals surface area contributed by atoms with Crippen molar-refractivity contribution in [3.8, 4) is 0 Å². The molecule has 1 rings (SSSR count). The Morgan fingerprint density at radius 2 is 1.42 bits per heavy atom. The van der Waals surface area contributed by atoms with Crippen LogP contribution in [0.2, 0.25) is 0 Å². The number of carbonyl (C=O) groups excluding carboxylic acids is 5. The van der Waals surface area contributed by atoms with Crippen LogP contribution in [0, 0.1) is 5.92 Å². The Morgan fingerprint density at radius 1 is 0.842 bits per heavy atom. The summed E-state index contributed by atoms with van der Waals surface area (Å²) in [5.41, 5.74) is 0. The second kappa shape index (κ2) is 18.9. The molecule has 0 aliphatic carbocycles. The number of hydrogen-bond donors (Lipinski definition) is 1. The van der Waals surface area contributed by atoms with Crippen molar-refractivity contribution in [2.75, 3.05) is 32.9 Å². The molecule has 0 aromatic rings. The Hall–Kier alpha value is -3.31. The minimum absolute atomic E-state index is 0.000511. The average molecular weight is 537 g/mol. The van der Waals surface area contributed by atoms with E-state index in [9.17, 15) is 29.1 Å². The number of ether oxygens (including phenoxy) is 3. The summed E-state index contributed by atoms with van der Waals surface area (Å²) in [4.78, 5) is 64.1. The number of imide groups is 2. The first-order valence-electron chi connectivity index (χ1n) is 12.9. The summed E-state index contributed by atoms with van der Waals surface area (Å²) < 4.78 is 15.0. The van der Waals surface area contributed by atoms with Crippen molar-refractivity contribution in [3.05, 3.63) is 38.0 Å². The van der Waals surface area contributed by atoms with Gasteiger partial charge in [-0.15, -0.1) is 0 Å². The maximum Gasteiger partial charge on any atom is 0.333 e. The van der Waals surface area contributed by atoms with Gasteiger partial charge in [0.2, 0.25) is 11.8 Å². The normalized spacial score (nSPS) is 16.6. The molecule has 4 amide bonds. The minimum atomic E-state index is -1.03. The lowest BCUT2D eigenvalue weighted by Gasteiger charge is -2.25. The monoisotopic (exact) mass is 536 g/mol. The topological polar surface area (TPSA) is 140 Å². The Labute approximate surface area is 224 Å². The van der Waals surface area contributed by atoms with E-state index in [0.29, 0.717) is 51.6 Å². The molecule has 1 saturated heterocycles. The van der Waals surface area contributed by atoms with Crippen LogP contribution in [-0.2, 0) is 33.4 Å². The molecule has 0 aromatic heterocycles. The first-order chi connectivity index (χ1) is 18.2. The molecule has 0 radical (unpaired) electrons. The van der Waals surface area contributed by atoms with Gasteiger partial charge in [0.05, 0.1) is 19.8 Å². The number of aliphatic hydroxyl groups is 1. The van der Waals surface area contributed by atoms with Gasteiger partial charge in [-0.3, -0.25) is 19.4 Å². The standard InChI is InChI=1S/C27H40N2O9/c1-4-23(31)36-17-11-7-9-14-21-20-22(30)28(15-10-8-12-18-37-24(32)5-2)27(35)29(26(21)34)16-13-19-38-25(33)6-3/h4-6,21,24,32H,1-3,7-20H2. The van der Waals surface area contributed by atoms with Gasteiger partial charge in [-0.05, 0) is 44.6 Å². The molecule has 0 saturated carbocycles. The number of urea groups is 1. The van der Waals surface area contributed by atoms with Crippen LogP contribution in [0.3, 0.4) is 0 Å². The average Bonchev–Trinajstić information content (AvgIpc) is 2.99. The van der Waals surface area contributed by atoms with E-state index in [0.717, 1.165) is 22.0 Å². The van der Waals surface area contributed by atoms with Gasteiger partial charge in [-0.2, -0.15) is 0 Å². The third-order valence-corrected chi connectivity index (χ3v) is 5.86. The molecule has 2 unspecified atom stereocenters. The van der Waals surface area contributed by atoms with E-state index in [1.54, 1.807) is 0 Å². The van der Waals surface area contributed by atoms with Gasteiger partial charge in [0.1, 0.15) is 0 Å². The Bertz CT molecular complexity index is 842. The fourth-order valence-corrected chi connectivity index (χ4v) is 3.80. The van der Waals surface area contributed by atoms with Crippen LogP contribution >= 0.6 is 0 Å². The van der Waals surface area contributed by atoms with Crippen LogP contribution in [0.25, 0.3) is 0 Å². The number of rotatable bonds is 20. The van der Waals surface area contributed by atoms with Crippen molar-refractivity contribution in [2.45, 2.75) is 64.1 Å². The van der Waals surface area contributed by atoms with Gasteiger partial charge in [0.15, 0.2) is 6.29 Å². The fourth-order valence-electron chi connectivity index (χ4n) is 3.80.